The van der Waals surface area contributed by atoms with E-state index < -0.39 is 0 Å². The Morgan fingerprint density at radius 1 is 1.38 bits per heavy atom. The van der Waals surface area contributed by atoms with Crippen molar-refractivity contribution in [3.63, 3.8) is 0 Å². The summed E-state index contributed by atoms with van der Waals surface area (Å²) in [5.74, 6) is 0.856. The van der Waals surface area contributed by atoms with Crippen LogP contribution in [0.15, 0.2) is 6.20 Å². The molecule has 3 saturated heterocycles. The van der Waals surface area contributed by atoms with Crippen molar-refractivity contribution < 1.29 is 14.0 Å². The highest BCUT2D eigenvalue weighted by molar-refractivity contribution is 7.23. The minimum absolute atomic E-state index is 0.0130. The third-order valence-corrected chi connectivity index (χ3v) is 6.58. The molecule has 5 rings (SSSR count). The lowest BCUT2D eigenvalue weighted by Crippen LogP contribution is -2.62. The molecule has 0 aliphatic carbocycles. The summed E-state index contributed by atoms with van der Waals surface area (Å²) in [4.78, 5) is 11.3. The first-order chi connectivity index (χ1) is 14.2. The topological polar surface area (TPSA) is 94.4 Å². The van der Waals surface area contributed by atoms with E-state index in [-0.39, 0.29) is 32.4 Å². The first-order valence-electron chi connectivity index (χ1n) is 10.1. The van der Waals surface area contributed by atoms with Gasteiger partial charge in [0, 0.05) is 25.0 Å². The summed E-state index contributed by atoms with van der Waals surface area (Å²) in [6, 6.07) is 0. The van der Waals surface area contributed by atoms with Crippen molar-refractivity contribution in [1.29, 1.82) is 0 Å². The van der Waals surface area contributed by atoms with Gasteiger partial charge in [0.1, 0.15) is 12.2 Å². The SMILES string of the molecule is O=PCOCC1CCC(n2ncc3c(N4CC5(CCCNC5)C4)nc(Cl)nc32)O1. The van der Waals surface area contributed by atoms with Gasteiger partial charge in [-0.05, 0) is 43.8 Å². The predicted octanol–water partition coefficient (Wildman–Crippen LogP) is 2.61. The molecule has 2 aromatic heterocycles. The number of rotatable bonds is 6. The number of hydrogen-bond acceptors (Lipinski definition) is 8. The van der Waals surface area contributed by atoms with Crippen LogP contribution in [0.25, 0.3) is 11.0 Å². The molecule has 2 atom stereocenters. The van der Waals surface area contributed by atoms with Crippen LogP contribution in [0.4, 0.5) is 5.82 Å². The zero-order chi connectivity index (χ0) is 19.8. The molecule has 0 saturated carbocycles. The molecule has 3 aliphatic heterocycles. The maximum Gasteiger partial charge on any atom is 0.226 e. The molecule has 5 heterocycles. The molecular weight excluding hydrogens is 415 g/mol. The molecule has 3 aliphatic rings. The molecule has 2 unspecified atom stereocenters. The van der Waals surface area contributed by atoms with E-state index >= 15 is 0 Å². The second-order valence-corrected chi connectivity index (χ2v) is 9.05. The Bertz CT molecular complexity index is 897. The maximum atomic E-state index is 10.5. The first kappa shape index (κ1) is 19.6. The van der Waals surface area contributed by atoms with Crippen molar-refractivity contribution in [2.45, 2.75) is 38.0 Å². The lowest BCUT2D eigenvalue weighted by molar-refractivity contribution is -0.0374. The monoisotopic (exact) mass is 438 g/mol. The smallest absolute Gasteiger partial charge is 0.226 e. The molecule has 0 aromatic carbocycles. The van der Waals surface area contributed by atoms with Crippen LogP contribution in [0.1, 0.15) is 31.9 Å². The molecule has 0 amide bonds. The molecule has 0 radical (unpaired) electrons. The summed E-state index contributed by atoms with van der Waals surface area (Å²) >= 11 is 6.28. The fourth-order valence-electron chi connectivity index (χ4n) is 4.76. The summed E-state index contributed by atoms with van der Waals surface area (Å²) in [5, 5.41) is 9.20. The lowest BCUT2D eigenvalue weighted by atomic mass is 9.74. The van der Waals surface area contributed by atoms with Crippen LogP contribution in [0.5, 0.6) is 0 Å². The molecule has 2 aromatic rings. The highest BCUT2D eigenvalue weighted by Gasteiger charge is 2.45. The van der Waals surface area contributed by atoms with Crippen LogP contribution in [0, 0.1) is 5.41 Å². The Kier molecular flexibility index (Phi) is 5.43. The average molecular weight is 439 g/mol. The number of nitrogens with zero attached hydrogens (tertiary/aromatic N) is 5. The van der Waals surface area contributed by atoms with Crippen molar-refractivity contribution in [3.8, 4) is 0 Å². The van der Waals surface area contributed by atoms with Crippen molar-refractivity contribution in [1.82, 2.24) is 25.1 Å². The van der Waals surface area contributed by atoms with Crippen molar-refractivity contribution in [2.75, 3.05) is 44.0 Å². The molecular formula is C18H24ClN6O3P. The highest BCUT2D eigenvalue weighted by Crippen LogP contribution is 2.41. The van der Waals surface area contributed by atoms with Crippen LogP contribution >= 0.6 is 20.1 Å². The van der Waals surface area contributed by atoms with Gasteiger partial charge in [-0.2, -0.15) is 15.1 Å². The molecule has 3 fully saturated rings. The van der Waals surface area contributed by atoms with Gasteiger partial charge in [-0.3, -0.25) is 4.57 Å². The van der Waals surface area contributed by atoms with E-state index in [9.17, 15) is 4.57 Å². The Morgan fingerprint density at radius 3 is 3.07 bits per heavy atom. The fraction of sp³-hybridized carbons (Fsp3) is 0.722. The normalized spacial score (nSPS) is 26.4. The minimum Gasteiger partial charge on any atom is -0.367 e. The predicted molar refractivity (Wildman–Crippen MR) is 109 cm³/mol. The summed E-state index contributed by atoms with van der Waals surface area (Å²) in [5.41, 5.74) is 1.05. The number of anilines is 1. The third-order valence-electron chi connectivity index (χ3n) is 6.12. The van der Waals surface area contributed by atoms with Crippen molar-refractivity contribution >= 4 is 36.9 Å². The number of hydrogen-bond donors (Lipinski definition) is 1. The quantitative estimate of drug-likeness (QED) is 0.418. The second kappa shape index (κ2) is 8.04. The van der Waals surface area contributed by atoms with Crippen molar-refractivity contribution in [3.05, 3.63) is 11.5 Å². The third kappa shape index (κ3) is 3.75. The van der Waals surface area contributed by atoms with Gasteiger partial charge in [-0.1, -0.05) is 0 Å². The van der Waals surface area contributed by atoms with E-state index in [1.807, 2.05) is 6.20 Å². The molecule has 11 heteroatoms. The molecule has 9 nitrogen and oxygen atoms in total. The van der Waals surface area contributed by atoms with E-state index in [0.717, 1.165) is 50.2 Å². The van der Waals surface area contributed by atoms with Gasteiger partial charge in [-0.15, -0.1) is 0 Å². The zero-order valence-corrected chi connectivity index (χ0v) is 17.7. The molecule has 0 bridgehead atoms. The molecule has 29 heavy (non-hydrogen) atoms. The summed E-state index contributed by atoms with van der Waals surface area (Å²) in [7, 11) is -0.0130. The summed E-state index contributed by atoms with van der Waals surface area (Å²) in [6.07, 6.45) is 5.90. The van der Waals surface area contributed by atoms with Gasteiger partial charge < -0.3 is 19.7 Å². The first-order valence-corrected chi connectivity index (χ1v) is 11.4. The highest BCUT2D eigenvalue weighted by atomic mass is 35.5. The van der Waals surface area contributed by atoms with Gasteiger partial charge in [-0.25, -0.2) is 4.68 Å². The Morgan fingerprint density at radius 2 is 2.28 bits per heavy atom. The minimum atomic E-state index is -0.213. The Labute approximate surface area is 175 Å². The van der Waals surface area contributed by atoms with Crippen LogP contribution < -0.4 is 10.2 Å². The number of aromatic nitrogens is 4. The van der Waals surface area contributed by atoms with Gasteiger partial charge in [0.05, 0.1) is 24.3 Å². The molecule has 1 N–H and O–H groups in total. The van der Waals surface area contributed by atoms with Gasteiger partial charge in [0.2, 0.25) is 5.28 Å². The number of fused-ring (bicyclic) bond motifs is 1. The Balaban J connectivity index is 1.34. The second-order valence-electron chi connectivity index (χ2n) is 8.20. The van der Waals surface area contributed by atoms with Crippen LogP contribution in [-0.2, 0) is 14.0 Å². The van der Waals surface area contributed by atoms with Gasteiger partial charge >= 0.3 is 0 Å². The van der Waals surface area contributed by atoms with Crippen LogP contribution in [0.3, 0.4) is 0 Å². The standard InChI is InChI=1S/C18H24ClN6O3P/c19-17-22-15(24-9-18(10-24)4-1-5-20-8-18)13-6-21-25(16(13)23-17)14-3-2-12(28-14)7-27-11-29-26/h6,12,14,20H,1-5,7-11H2. The fourth-order valence-corrected chi connectivity index (χ4v) is 5.10. The zero-order valence-electron chi connectivity index (χ0n) is 16.1. The summed E-state index contributed by atoms with van der Waals surface area (Å²) in [6.45, 7) is 4.56. The number of ether oxygens (including phenoxy) is 2. The van der Waals surface area contributed by atoms with E-state index in [1.54, 1.807) is 4.68 Å². The Hall–Kier alpha value is -1.38. The molecule has 1 spiro atoms. The number of halogens is 1. The van der Waals surface area contributed by atoms with E-state index in [2.05, 4.69) is 25.3 Å². The van der Waals surface area contributed by atoms with Crippen LogP contribution in [0.2, 0.25) is 5.28 Å². The van der Waals surface area contributed by atoms with Gasteiger partial charge in [0.15, 0.2) is 20.3 Å². The van der Waals surface area contributed by atoms with Crippen LogP contribution in [-0.4, -0.2) is 65.0 Å². The summed E-state index contributed by atoms with van der Waals surface area (Å²) < 4.78 is 23.7. The van der Waals surface area contributed by atoms with Gasteiger partial charge in [0.25, 0.3) is 0 Å². The molecule has 156 valence electrons. The lowest BCUT2D eigenvalue weighted by Gasteiger charge is -2.53. The maximum absolute atomic E-state index is 10.5. The van der Waals surface area contributed by atoms with E-state index in [0.29, 0.717) is 17.7 Å². The average Bonchev–Trinajstić information content (AvgIpc) is 3.33. The van der Waals surface area contributed by atoms with Crippen molar-refractivity contribution in [2.24, 2.45) is 5.41 Å². The van der Waals surface area contributed by atoms with E-state index in [1.165, 1.54) is 12.8 Å². The number of nitrogens with one attached hydrogen (secondary N) is 1. The largest absolute Gasteiger partial charge is 0.367 e. The number of piperidine rings is 1. The van der Waals surface area contributed by atoms with E-state index in [4.69, 9.17) is 21.1 Å².